The molecular weight excluding hydrogens is 270 g/mol. The Balaban J connectivity index is 2.04. The van der Waals surface area contributed by atoms with Crippen LogP contribution in [-0.4, -0.2) is 37.4 Å². The van der Waals surface area contributed by atoms with Gasteiger partial charge in [-0.1, -0.05) is 30.7 Å². The molecule has 0 N–H and O–H groups in total. The van der Waals surface area contributed by atoms with Crippen molar-refractivity contribution in [2.75, 3.05) is 18.1 Å². The van der Waals surface area contributed by atoms with E-state index in [0.717, 1.165) is 24.5 Å². The largest absolute Gasteiger partial charge is 0.295 e. The molecule has 1 aliphatic rings. The summed E-state index contributed by atoms with van der Waals surface area (Å²) in [6, 6.07) is 7.89. The van der Waals surface area contributed by atoms with Crippen molar-refractivity contribution in [3.05, 3.63) is 34.9 Å². The van der Waals surface area contributed by atoms with Gasteiger partial charge in [-0.25, -0.2) is 8.42 Å². The van der Waals surface area contributed by atoms with Gasteiger partial charge in [0.25, 0.3) is 0 Å². The summed E-state index contributed by atoms with van der Waals surface area (Å²) in [6.07, 6.45) is 0.754. The molecule has 1 aromatic carbocycles. The van der Waals surface area contributed by atoms with Crippen molar-refractivity contribution in [1.29, 1.82) is 0 Å². The molecule has 0 aromatic heterocycles. The Kier molecular flexibility index (Phi) is 4.30. The van der Waals surface area contributed by atoms with Gasteiger partial charge in [0, 0.05) is 17.6 Å². The lowest BCUT2D eigenvalue weighted by Crippen LogP contribution is -2.35. The predicted octanol–water partition coefficient (Wildman–Crippen LogP) is 2.35. The molecule has 0 radical (unpaired) electrons. The van der Waals surface area contributed by atoms with E-state index in [9.17, 15) is 8.42 Å². The van der Waals surface area contributed by atoms with Gasteiger partial charge < -0.3 is 0 Å². The average molecular weight is 288 g/mol. The zero-order chi connectivity index (χ0) is 13.2. The molecule has 3 nitrogen and oxygen atoms in total. The van der Waals surface area contributed by atoms with Crippen LogP contribution in [0.2, 0.25) is 5.02 Å². The zero-order valence-corrected chi connectivity index (χ0v) is 12.0. The van der Waals surface area contributed by atoms with Crippen LogP contribution in [0.5, 0.6) is 0 Å². The van der Waals surface area contributed by atoms with Gasteiger partial charge in [-0.2, -0.15) is 0 Å². The fourth-order valence-corrected chi connectivity index (χ4v) is 4.27. The highest BCUT2D eigenvalue weighted by molar-refractivity contribution is 7.91. The predicted molar refractivity (Wildman–Crippen MR) is 74.6 cm³/mol. The topological polar surface area (TPSA) is 37.4 Å². The molecule has 1 aliphatic heterocycles. The van der Waals surface area contributed by atoms with Gasteiger partial charge in [0.1, 0.15) is 0 Å². The van der Waals surface area contributed by atoms with Crippen LogP contribution in [0, 0.1) is 0 Å². The molecule has 0 aliphatic carbocycles. The Morgan fingerprint density at radius 1 is 1.33 bits per heavy atom. The fraction of sp³-hybridized carbons (Fsp3) is 0.538. The first-order valence-corrected chi connectivity index (χ1v) is 8.39. The molecule has 5 heteroatoms. The first kappa shape index (κ1) is 13.8. The van der Waals surface area contributed by atoms with E-state index in [-0.39, 0.29) is 6.04 Å². The highest BCUT2D eigenvalue weighted by Crippen LogP contribution is 2.20. The first-order chi connectivity index (χ1) is 8.50. The molecule has 0 amide bonds. The fourth-order valence-electron chi connectivity index (χ4n) is 2.39. The van der Waals surface area contributed by atoms with E-state index in [1.807, 2.05) is 24.3 Å². The number of hydrogen-bond donors (Lipinski definition) is 0. The molecular formula is C13H18ClNO2S. The monoisotopic (exact) mass is 287 g/mol. The van der Waals surface area contributed by atoms with Crippen molar-refractivity contribution in [2.24, 2.45) is 0 Å². The van der Waals surface area contributed by atoms with Crippen LogP contribution >= 0.6 is 11.6 Å². The van der Waals surface area contributed by atoms with Gasteiger partial charge in [-0.3, -0.25) is 4.90 Å². The molecule has 1 aromatic rings. The van der Waals surface area contributed by atoms with E-state index in [1.54, 1.807) is 0 Å². The maximum absolute atomic E-state index is 11.5. The Morgan fingerprint density at radius 3 is 2.50 bits per heavy atom. The summed E-state index contributed by atoms with van der Waals surface area (Å²) >= 11 is 5.85. The van der Waals surface area contributed by atoms with Gasteiger partial charge in [0.2, 0.25) is 0 Å². The van der Waals surface area contributed by atoms with E-state index >= 15 is 0 Å². The molecule has 18 heavy (non-hydrogen) atoms. The molecule has 1 saturated heterocycles. The van der Waals surface area contributed by atoms with Crippen molar-refractivity contribution in [1.82, 2.24) is 4.90 Å². The van der Waals surface area contributed by atoms with Crippen LogP contribution in [0.3, 0.4) is 0 Å². The number of hydrogen-bond acceptors (Lipinski definition) is 3. The molecule has 0 unspecified atom stereocenters. The Morgan fingerprint density at radius 2 is 2.00 bits per heavy atom. The number of sulfone groups is 1. The summed E-state index contributed by atoms with van der Waals surface area (Å²) in [4.78, 5) is 2.23. The standard InChI is InChI=1S/C13H18ClNO2S/c1-2-15(13-7-8-18(16,17)10-13)9-11-3-5-12(14)6-4-11/h3-6,13H,2,7-10H2,1H3/t13-/m1/s1. The quantitative estimate of drug-likeness (QED) is 0.853. The van der Waals surface area contributed by atoms with Gasteiger partial charge >= 0.3 is 0 Å². The highest BCUT2D eigenvalue weighted by atomic mass is 35.5. The number of nitrogens with zero attached hydrogens (tertiary/aromatic N) is 1. The van der Waals surface area contributed by atoms with Crippen LogP contribution in [0.25, 0.3) is 0 Å². The second-order valence-electron chi connectivity index (χ2n) is 4.75. The third kappa shape index (κ3) is 3.46. The minimum atomic E-state index is -2.81. The zero-order valence-electron chi connectivity index (χ0n) is 10.5. The normalized spacial score (nSPS) is 22.5. The van der Waals surface area contributed by atoms with Crippen molar-refractivity contribution in [2.45, 2.75) is 25.9 Å². The van der Waals surface area contributed by atoms with Gasteiger partial charge in [-0.15, -0.1) is 0 Å². The summed E-state index contributed by atoms with van der Waals surface area (Å²) in [5.41, 5.74) is 1.17. The van der Waals surface area contributed by atoms with Crippen LogP contribution < -0.4 is 0 Å². The summed E-state index contributed by atoms with van der Waals surface area (Å²) in [5, 5.41) is 0.727. The lowest BCUT2D eigenvalue weighted by molar-refractivity contribution is 0.215. The van der Waals surface area contributed by atoms with Gasteiger partial charge in [0.05, 0.1) is 11.5 Å². The maximum Gasteiger partial charge on any atom is 0.151 e. The van der Waals surface area contributed by atoms with Crippen molar-refractivity contribution in [3.8, 4) is 0 Å². The van der Waals surface area contributed by atoms with E-state index in [4.69, 9.17) is 11.6 Å². The van der Waals surface area contributed by atoms with Crippen LogP contribution in [0.1, 0.15) is 18.9 Å². The third-order valence-electron chi connectivity index (χ3n) is 3.43. The van der Waals surface area contributed by atoms with Crippen LogP contribution in [-0.2, 0) is 16.4 Å². The molecule has 2 rings (SSSR count). The maximum atomic E-state index is 11.5. The molecule has 0 bridgehead atoms. The second-order valence-corrected chi connectivity index (χ2v) is 7.41. The minimum absolute atomic E-state index is 0.163. The van der Waals surface area contributed by atoms with Gasteiger partial charge in [0.15, 0.2) is 9.84 Å². The van der Waals surface area contributed by atoms with Crippen molar-refractivity contribution >= 4 is 21.4 Å². The molecule has 0 spiro atoms. The first-order valence-electron chi connectivity index (χ1n) is 6.19. The van der Waals surface area contributed by atoms with E-state index in [1.165, 1.54) is 5.56 Å². The smallest absolute Gasteiger partial charge is 0.151 e. The summed E-state index contributed by atoms with van der Waals surface area (Å²) < 4.78 is 23.0. The molecule has 1 atom stereocenters. The number of rotatable bonds is 4. The SMILES string of the molecule is CCN(Cc1ccc(Cl)cc1)[C@@H]1CCS(=O)(=O)C1. The molecule has 0 saturated carbocycles. The molecule has 1 fully saturated rings. The Labute approximate surface area is 114 Å². The number of benzene rings is 1. The van der Waals surface area contributed by atoms with Crippen LogP contribution in [0.4, 0.5) is 0 Å². The third-order valence-corrected chi connectivity index (χ3v) is 5.43. The number of halogens is 1. The van der Waals surface area contributed by atoms with Crippen molar-refractivity contribution in [3.63, 3.8) is 0 Å². The Bertz CT molecular complexity index is 498. The molecule has 1 heterocycles. The van der Waals surface area contributed by atoms with Crippen LogP contribution in [0.15, 0.2) is 24.3 Å². The lowest BCUT2D eigenvalue weighted by Gasteiger charge is -2.26. The highest BCUT2D eigenvalue weighted by Gasteiger charge is 2.31. The summed E-state index contributed by atoms with van der Waals surface area (Å²) in [7, 11) is -2.81. The van der Waals surface area contributed by atoms with E-state index < -0.39 is 9.84 Å². The summed E-state index contributed by atoms with van der Waals surface area (Å²) in [6.45, 7) is 3.72. The Hall–Kier alpha value is -0.580. The minimum Gasteiger partial charge on any atom is -0.295 e. The lowest BCUT2D eigenvalue weighted by atomic mass is 10.1. The van der Waals surface area contributed by atoms with Crippen molar-refractivity contribution < 1.29 is 8.42 Å². The van der Waals surface area contributed by atoms with E-state index in [2.05, 4.69) is 11.8 Å². The summed E-state index contributed by atoms with van der Waals surface area (Å²) in [5.74, 6) is 0.628. The van der Waals surface area contributed by atoms with Gasteiger partial charge in [-0.05, 0) is 30.7 Å². The second kappa shape index (κ2) is 5.59. The average Bonchev–Trinajstić information content (AvgIpc) is 2.69. The molecule has 100 valence electrons. The van der Waals surface area contributed by atoms with E-state index in [0.29, 0.717) is 11.5 Å².